The van der Waals surface area contributed by atoms with Crippen molar-refractivity contribution < 1.29 is 22.3 Å². The van der Waals surface area contributed by atoms with Crippen molar-refractivity contribution in [3.8, 4) is 11.5 Å². The maximum absolute atomic E-state index is 12.7. The Bertz CT molecular complexity index is 715. The van der Waals surface area contributed by atoms with E-state index in [-0.39, 0.29) is 24.7 Å². The SMILES string of the molecule is COc1ccc(CNS(=O)(=O)CCOc2ccc(F)cc2)cc1. The molecule has 7 heteroatoms. The van der Waals surface area contributed by atoms with E-state index in [0.717, 1.165) is 5.56 Å². The van der Waals surface area contributed by atoms with E-state index >= 15 is 0 Å². The van der Waals surface area contributed by atoms with Crippen molar-refractivity contribution in [3.63, 3.8) is 0 Å². The van der Waals surface area contributed by atoms with E-state index in [9.17, 15) is 12.8 Å². The van der Waals surface area contributed by atoms with Crippen molar-refractivity contribution in [3.05, 3.63) is 59.9 Å². The predicted molar refractivity (Wildman–Crippen MR) is 85.5 cm³/mol. The number of halogens is 1. The van der Waals surface area contributed by atoms with E-state index in [1.165, 1.54) is 24.3 Å². The van der Waals surface area contributed by atoms with Crippen molar-refractivity contribution in [1.29, 1.82) is 0 Å². The van der Waals surface area contributed by atoms with Crippen molar-refractivity contribution in [1.82, 2.24) is 4.72 Å². The minimum Gasteiger partial charge on any atom is -0.497 e. The van der Waals surface area contributed by atoms with E-state index in [1.807, 2.05) is 0 Å². The monoisotopic (exact) mass is 339 g/mol. The van der Waals surface area contributed by atoms with Crippen LogP contribution in [0.5, 0.6) is 11.5 Å². The van der Waals surface area contributed by atoms with Crippen LogP contribution in [-0.4, -0.2) is 27.9 Å². The van der Waals surface area contributed by atoms with Gasteiger partial charge in [-0.3, -0.25) is 0 Å². The second-order valence-electron chi connectivity index (χ2n) is 4.79. The fourth-order valence-corrected chi connectivity index (χ4v) is 2.64. The largest absolute Gasteiger partial charge is 0.497 e. The highest BCUT2D eigenvalue weighted by molar-refractivity contribution is 7.89. The first kappa shape index (κ1) is 17.2. The fraction of sp³-hybridized carbons (Fsp3) is 0.250. The van der Waals surface area contributed by atoms with Gasteiger partial charge in [0, 0.05) is 6.54 Å². The Morgan fingerprint density at radius 3 is 2.22 bits per heavy atom. The highest BCUT2D eigenvalue weighted by Crippen LogP contribution is 2.12. The summed E-state index contributed by atoms with van der Waals surface area (Å²) in [6, 6.07) is 12.5. The molecule has 5 nitrogen and oxygen atoms in total. The van der Waals surface area contributed by atoms with E-state index < -0.39 is 10.0 Å². The molecular weight excluding hydrogens is 321 g/mol. The molecule has 1 N–H and O–H groups in total. The second kappa shape index (κ2) is 7.94. The number of methoxy groups -OCH3 is 1. The molecule has 0 saturated heterocycles. The molecule has 0 heterocycles. The molecule has 0 amide bonds. The van der Waals surface area contributed by atoms with E-state index in [1.54, 1.807) is 31.4 Å². The van der Waals surface area contributed by atoms with Crippen LogP contribution < -0.4 is 14.2 Å². The maximum atomic E-state index is 12.7. The summed E-state index contributed by atoms with van der Waals surface area (Å²) in [5.41, 5.74) is 0.828. The Hall–Kier alpha value is -2.12. The third-order valence-electron chi connectivity index (χ3n) is 3.09. The Balaban J connectivity index is 1.78. The van der Waals surface area contributed by atoms with Crippen molar-refractivity contribution in [2.24, 2.45) is 0 Å². The third kappa shape index (κ3) is 5.88. The summed E-state index contributed by atoms with van der Waals surface area (Å²) in [6.07, 6.45) is 0. The zero-order valence-electron chi connectivity index (χ0n) is 12.7. The van der Waals surface area contributed by atoms with Gasteiger partial charge in [-0.05, 0) is 42.0 Å². The number of hydrogen-bond donors (Lipinski definition) is 1. The zero-order chi connectivity index (χ0) is 16.7. The van der Waals surface area contributed by atoms with Crippen LogP contribution in [-0.2, 0) is 16.6 Å². The Kier molecular flexibility index (Phi) is 5.95. The normalized spacial score (nSPS) is 11.2. The Morgan fingerprint density at radius 2 is 1.61 bits per heavy atom. The summed E-state index contributed by atoms with van der Waals surface area (Å²) < 4.78 is 49.3. The average Bonchev–Trinajstić information content (AvgIpc) is 2.55. The van der Waals surface area contributed by atoms with Crippen LogP contribution in [0.4, 0.5) is 4.39 Å². The standard InChI is InChI=1S/C16H18FNO4S/c1-21-15-6-2-13(3-7-15)12-18-23(19,20)11-10-22-16-8-4-14(17)5-9-16/h2-9,18H,10-12H2,1H3. The number of sulfonamides is 1. The summed E-state index contributed by atoms with van der Waals surface area (Å²) in [6.45, 7) is 0.187. The van der Waals surface area contributed by atoms with Crippen LogP contribution in [0.3, 0.4) is 0 Å². The second-order valence-corrected chi connectivity index (χ2v) is 6.72. The van der Waals surface area contributed by atoms with Gasteiger partial charge in [-0.2, -0.15) is 0 Å². The molecule has 0 bridgehead atoms. The van der Waals surface area contributed by atoms with Crippen LogP contribution in [0.1, 0.15) is 5.56 Å². The fourth-order valence-electron chi connectivity index (χ4n) is 1.81. The minimum atomic E-state index is -3.45. The lowest BCUT2D eigenvalue weighted by Gasteiger charge is -2.09. The number of nitrogens with one attached hydrogen (secondary N) is 1. The average molecular weight is 339 g/mol. The summed E-state index contributed by atoms with van der Waals surface area (Å²) in [4.78, 5) is 0. The molecule has 0 aliphatic rings. The molecule has 0 unspecified atom stereocenters. The summed E-state index contributed by atoms with van der Waals surface area (Å²) >= 11 is 0. The lowest BCUT2D eigenvalue weighted by Crippen LogP contribution is -2.28. The highest BCUT2D eigenvalue weighted by atomic mass is 32.2. The molecular formula is C16H18FNO4S. The summed E-state index contributed by atoms with van der Waals surface area (Å²) in [5, 5.41) is 0. The first-order valence-electron chi connectivity index (χ1n) is 6.97. The predicted octanol–water partition coefficient (Wildman–Crippen LogP) is 2.33. The summed E-state index contributed by atoms with van der Waals surface area (Å²) in [5.74, 6) is 0.591. The molecule has 0 fully saturated rings. The van der Waals surface area contributed by atoms with Crippen molar-refractivity contribution in [2.75, 3.05) is 19.5 Å². The molecule has 0 saturated carbocycles. The number of ether oxygens (including phenoxy) is 2. The van der Waals surface area contributed by atoms with Crippen LogP contribution in [0.2, 0.25) is 0 Å². The van der Waals surface area contributed by atoms with Gasteiger partial charge >= 0.3 is 0 Å². The van der Waals surface area contributed by atoms with Gasteiger partial charge in [-0.15, -0.1) is 0 Å². The third-order valence-corrected chi connectivity index (χ3v) is 4.38. The quantitative estimate of drug-likeness (QED) is 0.802. The van der Waals surface area contributed by atoms with E-state index in [4.69, 9.17) is 9.47 Å². The first-order chi connectivity index (χ1) is 11.0. The topological polar surface area (TPSA) is 64.6 Å². The summed E-state index contributed by atoms with van der Waals surface area (Å²) in [7, 11) is -1.89. The van der Waals surface area contributed by atoms with Gasteiger partial charge in [0.1, 0.15) is 23.9 Å². The van der Waals surface area contributed by atoms with Crippen LogP contribution >= 0.6 is 0 Å². The number of benzene rings is 2. The van der Waals surface area contributed by atoms with Gasteiger partial charge < -0.3 is 9.47 Å². The Morgan fingerprint density at radius 1 is 1.00 bits per heavy atom. The number of hydrogen-bond acceptors (Lipinski definition) is 4. The highest BCUT2D eigenvalue weighted by Gasteiger charge is 2.10. The molecule has 23 heavy (non-hydrogen) atoms. The maximum Gasteiger partial charge on any atom is 0.215 e. The van der Waals surface area contributed by atoms with Crippen molar-refractivity contribution >= 4 is 10.0 Å². The smallest absolute Gasteiger partial charge is 0.215 e. The molecule has 0 aliphatic heterocycles. The molecule has 0 spiro atoms. The van der Waals surface area contributed by atoms with Crippen LogP contribution in [0, 0.1) is 5.82 Å². The van der Waals surface area contributed by atoms with Crippen molar-refractivity contribution in [2.45, 2.75) is 6.54 Å². The zero-order valence-corrected chi connectivity index (χ0v) is 13.5. The van der Waals surface area contributed by atoms with E-state index in [0.29, 0.717) is 11.5 Å². The van der Waals surface area contributed by atoms with Crippen LogP contribution in [0.25, 0.3) is 0 Å². The van der Waals surface area contributed by atoms with Gasteiger partial charge in [0.2, 0.25) is 10.0 Å². The molecule has 2 aromatic carbocycles. The van der Waals surface area contributed by atoms with Gasteiger partial charge in [0.25, 0.3) is 0 Å². The van der Waals surface area contributed by atoms with Gasteiger partial charge in [0.05, 0.1) is 12.9 Å². The number of rotatable bonds is 8. The van der Waals surface area contributed by atoms with Crippen LogP contribution in [0.15, 0.2) is 48.5 Å². The lowest BCUT2D eigenvalue weighted by molar-refractivity contribution is 0.339. The molecule has 0 atom stereocenters. The lowest BCUT2D eigenvalue weighted by atomic mass is 10.2. The minimum absolute atomic E-state index is 0.0103. The van der Waals surface area contributed by atoms with Gasteiger partial charge in [-0.1, -0.05) is 12.1 Å². The Labute approximate surface area is 135 Å². The van der Waals surface area contributed by atoms with Gasteiger partial charge in [-0.25, -0.2) is 17.5 Å². The van der Waals surface area contributed by atoms with Gasteiger partial charge in [0.15, 0.2) is 0 Å². The molecule has 0 aromatic heterocycles. The molecule has 2 aromatic rings. The molecule has 2 rings (SSSR count). The molecule has 0 aliphatic carbocycles. The molecule has 124 valence electrons. The first-order valence-corrected chi connectivity index (χ1v) is 8.62. The van der Waals surface area contributed by atoms with E-state index in [2.05, 4.69) is 4.72 Å². The molecule has 0 radical (unpaired) electrons.